The summed E-state index contributed by atoms with van der Waals surface area (Å²) in [5.41, 5.74) is 0.951. The fraction of sp³-hybridized carbons (Fsp3) is 0.478. The molecule has 2 N–H and O–H groups in total. The van der Waals surface area contributed by atoms with E-state index in [4.69, 9.17) is 0 Å². The molecular weight excluding hydrogens is 440 g/mol. The summed E-state index contributed by atoms with van der Waals surface area (Å²) in [5, 5.41) is 2.95. The number of carbonyl (C=O) groups is 1. The van der Waals surface area contributed by atoms with Crippen LogP contribution >= 0.6 is 0 Å². The van der Waals surface area contributed by atoms with Crippen molar-refractivity contribution in [3.63, 3.8) is 0 Å². The zero-order chi connectivity index (χ0) is 23.3. The number of carbonyl (C=O) groups excluding carboxylic acids is 1. The maximum atomic E-state index is 12.6. The lowest BCUT2D eigenvalue weighted by Gasteiger charge is -2.33. The highest BCUT2D eigenvalue weighted by Gasteiger charge is 2.26. The number of piperidine rings is 1. The van der Waals surface area contributed by atoms with Gasteiger partial charge in [0.1, 0.15) is 5.82 Å². The van der Waals surface area contributed by atoms with Crippen molar-refractivity contribution in [3.8, 4) is 0 Å². The van der Waals surface area contributed by atoms with Crippen molar-refractivity contribution in [2.24, 2.45) is 0 Å². The molecule has 1 aromatic heterocycles. The van der Waals surface area contributed by atoms with Crippen molar-refractivity contribution in [3.05, 3.63) is 54.2 Å². The molecule has 33 heavy (non-hydrogen) atoms. The highest BCUT2D eigenvalue weighted by Crippen LogP contribution is 2.16. The van der Waals surface area contributed by atoms with Gasteiger partial charge >= 0.3 is 6.03 Å². The second-order valence-electron chi connectivity index (χ2n) is 8.67. The number of hydrogen-bond acceptors (Lipinski definition) is 6. The predicted molar refractivity (Wildman–Crippen MR) is 128 cm³/mol. The maximum Gasteiger partial charge on any atom is 0.317 e. The van der Waals surface area contributed by atoms with Crippen molar-refractivity contribution in [1.29, 1.82) is 0 Å². The molecule has 0 spiro atoms. The summed E-state index contributed by atoms with van der Waals surface area (Å²) < 4.78 is 27.8. The maximum absolute atomic E-state index is 12.6. The number of amides is 2. The van der Waals surface area contributed by atoms with Crippen LogP contribution < -0.4 is 14.9 Å². The summed E-state index contributed by atoms with van der Waals surface area (Å²) in [6.45, 7) is 5.43. The van der Waals surface area contributed by atoms with Crippen molar-refractivity contribution < 1.29 is 13.2 Å². The smallest absolute Gasteiger partial charge is 0.317 e. The van der Waals surface area contributed by atoms with Gasteiger partial charge in [-0.15, -0.1) is 0 Å². The fourth-order valence-electron chi connectivity index (χ4n) is 4.12. The van der Waals surface area contributed by atoms with Gasteiger partial charge in [0.2, 0.25) is 10.0 Å². The number of likely N-dealkylation sites (N-methyl/N-ethyl adjacent to an activating group) is 1. The summed E-state index contributed by atoms with van der Waals surface area (Å²) in [6, 6.07) is 12.1. The molecule has 2 aliphatic heterocycles. The largest absolute Gasteiger partial charge is 0.354 e. The molecule has 0 aliphatic carbocycles. The molecule has 0 unspecified atom stereocenters. The Bertz CT molecular complexity index is 1020. The van der Waals surface area contributed by atoms with Crippen LogP contribution in [0.3, 0.4) is 0 Å². The second-order valence-corrected chi connectivity index (χ2v) is 10.4. The first kappa shape index (κ1) is 23.5. The van der Waals surface area contributed by atoms with E-state index < -0.39 is 10.0 Å². The molecule has 0 bridgehead atoms. The van der Waals surface area contributed by atoms with Crippen LogP contribution in [0.1, 0.15) is 18.4 Å². The molecule has 2 aliphatic rings. The van der Waals surface area contributed by atoms with Gasteiger partial charge in [-0.05, 0) is 43.7 Å². The van der Waals surface area contributed by atoms with Gasteiger partial charge in [-0.3, -0.25) is 0 Å². The molecule has 3 heterocycles. The van der Waals surface area contributed by atoms with Crippen LogP contribution in [0.2, 0.25) is 0 Å². The zero-order valence-electron chi connectivity index (χ0n) is 19.0. The zero-order valence-corrected chi connectivity index (χ0v) is 19.8. The first-order chi connectivity index (χ1) is 15.9. The Balaban J connectivity index is 1.21. The van der Waals surface area contributed by atoms with E-state index in [1.54, 1.807) is 35.2 Å². The van der Waals surface area contributed by atoms with Crippen molar-refractivity contribution in [2.75, 3.05) is 51.2 Å². The van der Waals surface area contributed by atoms with E-state index in [1.807, 2.05) is 18.3 Å². The number of sulfonamides is 1. The minimum Gasteiger partial charge on any atom is -0.354 e. The van der Waals surface area contributed by atoms with E-state index >= 15 is 0 Å². The van der Waals surface area contributed by atoms with Crippen molar-refractivity contribution in [2.45, 2.75) is 30.3 Å². The van der Waals surface area contributed by atoms with E-state index in [0.29, 0.717) is 32.5 Å². The number of anilines is 1. The highest BCUT2D eigenvalue weighted by atomic mass is 32.2. The van der Waals surface area contributed by atoms with Crippen LogP contribution in [-0.4, -0.2) is 81.6 Å². The van der Waals surface area contributed by atoms with Gasteiger partial charge in [0.05, 0.1) is 4.90 Å². The Morgan fingerprint density at radius 1 is 1.00 bits per heavy atom. The van der Waals surface area contributed by atoms with Gasteiger partial charge in [-0.1, -0.05) is 24.3 Å². The van der Waals surface area contributed by atoms with Crippen LogP contribution in [-0.2, 0) is 16.6 Å². The molecule has 10 heteroatoms. The van der Waals surface area contributed by atoms with Gasteiger partial charge in [-0.2, -0.15) is 0 Å². The summed E-state index contributed by atoms with van der Waals surface area (Å²) in [5.74, 6) is 0.971. The molecular formula is C23H32N6O3S. The molecule has 2 amide bonds. The van der Waals surface area contributed by atoms with Crippen LogP contribution in [0, 0.1) is 0 Å². The van der Waals surface area contributed by atoms with E-state index in [-0.39, 0.29) is 17.0 Å². The second kappa shape index (κ2) is 10.5. The van der Waals surface area contributed by atoms with Crippen LogP contribution in [0.15, 0.2) is 53.6 Å². The van der Waals surface area contributed by atoms with Gasteiger partial charge < -0.3 is 20.0 Å². The predicted octanol–water partition coefficient (Wildman–Crippen LogP) is 1.49. The Hall–Kier alpha value is -2.69. The number of likely N-dealkylation sites (tertiary alicyclic amines) is 1. The van der Waals surface area contributed by atoms with Gasteiger partial charge in [0.25, 0.3) is 0 Å². The Morgan fingerprint density at radius 2 is 1.70 bits per heavy atom. The molecule has 9 nitrogen and oxygen atoms in total. The number of rotatable bonds is 6. The third kappa shape index (κ3) is 6.21. The van der Waals surface area contributed by atoms with Crippen LogP contribution in [0.25, 0.3) is 0 Å². The molecule has 2 aromatic rings. The van der Waals surface area contributed by atoms with E-state index in [1.165, 1.54) is 0 Å². The lowest BCUT2D eigenvalue weighted by atomic mass is 10.1. The first-order valence-electron chi connectivity index (χ1n) is 11.4. The molecule has 0 atom stereocenters. The number of pyridine rings is 1. The summed E-state index contributed by atoms with van der Waals surface area (Å²) in [6.07, 6.45) is 2.99. The third-order valence-corrected chi connectivity index (χ3v) is 7.77. The number of nitrogens with one attached hydrogen (secondary N) is 2. The molecule has 2 fully saturated rings. The minimum atomic E-state index is -3.54. The van der Waals surface area contributed by atoms with Crippen molar-refractivity contribution >= 4 is 21.9 Å². The lowest BCUT2D eigenvalue weighted by Crippen LogP contribution is -2.49. The number of nitrogens with zero attached hydrogens (tertiary/aromatic N) is 4. The SMILES string of the molecule is CN1CCN(c2ccc(CNC(=O)N3CCC(NS(=O)(=O)c4ccccc4)CC3)cn2)CC1. The number of benzene rings is 1. The Labute approximate surface area is 195 Å². The molecule has 0 saturated carbocycles. The number of piperazine rings is 1. The summed E-state index contributed by atoms with van der Waals surface area (Å²) >= 11 is 0. The average molecular weight is 473 g/mol. The van der Waals surface area contributed by atoms with Crippen LogP contribution in [0.4, 0.5) is 10.6 Å². The van der Waals surface area contributed by atoms with E-state index in [2.05, 4.69) is 31.9 Å². The minimum absolute atomic E-state index is 0.137. The fourth-order valence-corrected chi connectivity index (χ4v) is 5.45. The van der Waals surface area contributed by atoms with Crippen molar-refractivity contribution in [1.82, 2.24) is 24.8 Å². The monoisotopic (exact) mass is 472 g/mol. The Kier molecular flexibility index (Phi) is 7.46. The molecule has 4 rings (SSSR count). The van der Waals surface area contributed by atoms with Crippen LogP contribution in [0.5, 0.6) is 0 Å². The lowest BCUT2D eigenvalue weighted by molar-refractivity contribution is 0.179. The average Bonchev–Trinajstić information content (AvgIpc) is 2.84. The van der Waals surface area contributed by atoms with Gasteiger partial charge in [-0.25, -0.2) is 22.9 Å². The Morgan fingerprint density at radius 3 is 2.33 bits per heavy atom. The number of aromatic nitrogens is 1. The number of hydrogen-bond donors (Lipinski definition) is 2. The normalized spacial score (nSPS) is 18.3. The summed E-state index contributed by atoms with van der Waals surface area (Å²) in [4.78, 5) is 23.7. The molecule has 1 aromatic carbocycles. The van der Waals surface area contributed by atoms with E-state index in [9.17, 15) is 13.2 Å². The summed E-state index contributed by atoms with van der Waals surface area (Å²) in [7, 11) is -1.41. The quantitative estimate of drug-likeness (QED) is 0.661. The molecule has 178 valence electrons. The molecule has 0 radical (unpaired) electrons. The van der Waals surface area contributed by atoms with E-state index in [0.717, 1.165) is 37.6 Å². The standard InChI is InChI=1S/C23H32N6O3S/c1-27-13-15-28(16-14-27)22-8-7-19(17-24-22)18-25-23(30)29-11-9-20(10-12-29)26-33(31,32)21-5-3-2-4-6-21/h2-8,17,20,26H,9-16,18H2,1H3,(H,25,30). The topological polar surface area (TPSA) is 97.9 Å². The highest BCUT2D eigenvalue weighted by molar-refractivity contribution is 7.89. The first-order valence-corrected chi connectivity index (χ1v) is 12.9. The molecule has 2 saturated heterocycles. The number of urea groups is 1. The third-order valence-electron chi connectivity index (χ3n) is 6.24. The van der Waals surface area contributed by atoms with Gasteiger partial charge in [0, 0.05) is 58.1 Å². The van der Waals surface area contributed by atoms with Gasteiger partial charge in [0.15, 0.2) is 0 Å².